The van der Waals surface area contributed by atoms with Gasteiger partial charge in [-0.15, -0.1) is 0 Å². The summed E-state index contributed by atoms with van der Waals surface area (Å²) >= 11 is 0. The fourth-order valence-electron chi connectivity index (χ4n) is 3.29. The molecule has 0 radical (unpaired) electrons. The van der Waals surface area contributed by atoms with Crippen LogP contribution in [0.15, 0.2) is 30.3 Å². The van der Waals surface area contributed by atoms with Gasteiger partial charge in [-0.25, -0.2) is 4.79 Å². The third-order valence-corrected chi connectivity index (χ3v) is 4.61. The number of piperazine rings is 1. The molecular weight excluding hydrogens is 256 g/mol. The van der Waals surface area contributed by atoms with E-state index in [1.54, 1.807) is 0 Å². The first-order valence-electron chi connectivity index (χ1n) is 7.10. The minimum absolute atomic E-state index is 0.101. The number of hydrogen-bond acceptors (Lipinski definition) is 4. The van der Waals surface area contributed by atoms with E-state index >= 15 is 0 Å². The van der Waals surface area contributed by atoms with Crippen LogP contribution in [0.1, 0.15) is 12.0 Å². The van der Waals surface area contributed by atoms with Gasteiger partial charge in [-0.1, -0.05) is 30.3 Å². The average Bonchev–Trinajstić information content (AvgIpc) is 3.07. The lowest BCUT2D eigenvalue weighted by atomic mass is 10.1. The second-order valence-corrected chi connectivity index (χ2v) is 5.82. The molecule has 1 aromatic carbocycles. The number of amides is 1. The summed E-state index contributed by atoms with van der Waals surface area (Å²) in [5.74, 6) is 0. The fourth-order valence-corrected chi connectivity index (χ4v) is 3.29. The predicted molar refractivity (Wildman–Crippen MR) is 72.0 cm³/mol. The molecule has 1 saturated carbocycles. The minimum atomic E-state index is -0.208. The van der Waals surface area contributed by atoms with E-state index in [4.69, 9.17) is 9.47 Å². The molecule has 1 amide bonds. The molecule has 1 aliphatic carbocycles. The summed E-state index contributed by atoms with van der Waals surface area (Å²) in [5, 5.41) is 0. The van der Waals surface area contributed by atoms with Crippen molar-refractivity contribution in [2.75, 3.05) is 26.4 Å². The number of rotatable bonds is 2. The molecule has 5 heteroatoms. The van der Waals surface area contributed by atoms with Crippen molar-refractivity contribution in [1.82, 2.24) is 9.80 Å². The predicted octanol–water partition coefficient (Wildman–Crippen LogP) is 1.44. The van der Waals surface area contributed by atoms with Gasteiger partial charge in [0.05, 0.1) is 11.6 Å². The number of carbonyl (C=O) groups is 1. The topological polar surface area (TPSA) is 42.0 Å². The van der Waals surface area contributed by atoms with Crippen LogP contribution in [0.25, 0.3) is 0 Å². The Kier molecular flexibility index (Phi) is 2.72. The molecular formula is C15H18N2O3. The Bertz CT molecular complexity index is 521. The van der Waals surface area contributed by atoms with E-state index in [-0.39, 0.29) is 11.6 Å². The van der Waals surface area contributed by atoms with Gasteiger partial charge in [-0.2, -0.15) is 0 Å². The Morgan fingerprint density at radius 3 is 3.00 bits per heavy atom. The third kappa shape index (κ3) is 1.89. The number of hydrogen-bond donors (Lipinski definition) is 0. The van der Waals surface area contributed by atoms with Gasteiger partial charge in [0, 0.05) is 19.6 Å². The zero-order chi connectivity index (χ0) is 13.6. The molecule has 0 bridgehead atoms. The lowest BCUT2D eigenvalue weighted by Gasteiger charge is -2.37. The monoisotopic (exact) mass is 274 g/mol. The second kappa shape index (κ2) is 4.46. The average molecular weight is 274 g/mol. The summed E-state index contributed by atoms with van der Waals surface area (Å²) in [6, 6.07) is 9.78. The van der Waals surface area contributed by atoms with Gasteiger partial charge in [0.1, 0.15) is 13.3 Å². The van der Waals surface area contributed by atoms with Crippen LogP contribution in [0.4, 0.5) is 4.79 Å². The van der Waals surface area contributed by atoms with Gasteiger partial charge in [0.25, 0.3) is 0 Å². The Labute approximate surface area is 118 Å². The maximum atomic E-state index is 12.2. The van der Waals surface area contributed by atoms with Crippen LogP contribution in [0, 0.1) is 0 Å². The molecule has 4 rings (SSSR count). The van der Waals surface area contributed by atoms with Crippen LogP contribution in [0.2, 0.25) is 0 Å². The van der Waals surface area contributed by atoms with Gasteiger partial charge in [0.15, 0.2) is 0 Å². The standard InChI is InChI=1S/C15H18N2O3/c18-14(19-9-12-4-2-1-3-5-12)16-6-7-17-11-20-13-8-15(13,17)10-16/h1-5,13H,6-11H2/t13-,15?/m0/s1. The van der Waals surface area contributed by atoms with Crippen LogP contribution >= 0.6 is 0 Å². The maximum absolute atomic E-state index is 12.2. The fraction of sp³-hybridized carbons (Fsp3) is 0.533. The van der Waals surface area contributed by atoms with Crippen molar-refractivity contribution in [3.63, 3.8) is 0 Å². The van der Waals surface area contributed by atoms with Crippen molar-refractivity contribution in [1.29, 1.82) is 0 Å². The van der Waals surface area contributed by atoms with Crippen molar-refractivity contribution >= 4 is 6.09 Å². The van der Waals surface area contributed by atoms with E-state index in [2.05, 4.69) is 4.90 Å². The van der Waals surface area contributed by atoms with Gasteiger partial charge < -0.3 is 14.4 Å². The van der Waals surface area contributed by atoms with Gasteiger partial charge >= 0.3 is 6.09 Å². The van der Waals surface area contributed by atoms with Crippen LogP contribution in [0.3, 0.4) is 0 Å². The molecule has 2 heterocycles. The molecule has 3 fully saturated rings. The third-order valence-electron chi connectivity index (χ3n) is 4.61. The van der Waals surface area contributed by atoms with E-state index in [0.717, 1.165) is 38.3 Å². The number of benzene rings is 1. The second-order valence-electron chi connectivity index (χ2n) is 5.82. The molecule has 0 N–H and O–H groups in total. The molecule has 106 valence electrons. The molecule has 20 heavy (non-hydrogen) atoms. The van der Waals surface area contributed by atoms with Crippen molar-refractivity contribution in [3.05, 3.63) is 35.9 Å². The molecule has 1 aromatic rings. The Morgan fingerprint density at radius 2 is 2.20 bits per heavy atom. The first-order valence-corrected chi connectivity index (χ1v) is 7.10. The van der Waals surface area contributed by atoms with Gasteiger partial charge in [-0.3, -0.25) is 4.90 Å². The quantitative estimate of drug-likeness (QED) is 0.818. The SMILES string of the molecule is O=C(OCc1ccccc1)N1CCN2CO[C@H]3CC32C1. The summed E-state index contributed by atoms with van der Waals surface area (Å²) in [6.07, 6.45) is 1.17. The molecule has 3 aliphatic rings. The van der Waals surface area contributed by atoms with E-state index < -0.39 is 0 Å². The highest BCUT2D eigenvalue weighted by molar-refractivity contribution is 5.68. The number of carbonyl (C=O) groups excluding carboxylic acids is 1. The first kappa shape index (κ1) is 12.2. The van der Waals surface area contributed by atoms with E-state index in [0.29, 0.717) is 12.7 Å². The Hall–Kier alpha value is -1.59. The molecule has 2 atom stereocenters. The summed E-state index contributed by atoms with van der Waals surface area (Å²) in [5.41, 5.74) is 1.12. The Balaban J connectivity index is 1.35. The number of ether oxygens (including phenoxy) is 2. The van der Waals surface area contributed by atoms with Crippen LogP contribution in [0.5, 0.6) is 0 Å². The van der Waals surface area contributed by atoms with Crippen molar-refractivity contribution in [2.24, 2.45) is 0 Å². The minimum Gasteiger partial charge on any atom is -0.445 e. The van der Waals surface area contributed by atoms with Crippen LogP contribution in [-0.4, -0.2) is 53.9 Å². The van der Waals surface area contributed by atoms with E-state index in [1.807, 2.05) is 35.2 Å². The summed E-state index contributed by atoms with van der Waals surface area (Å²) in [6.45, 7) is 3.41. The zero-order valence-corrected chi connectivity index (χ0v) is 11.3. The molecule has 1 unspecified atom stereocenters. The highest BCUT2D eigenvalue weighted by atomic mass is 16.6. The smallest absolute Gasteiger partial charge is 0.410 e. The maximum Gasteiger partial charge on any atom is 0.410 e. The van der Waals surface area contributed by atoms with Gasteiger partial charge in [-0.05, 0) is 12.0 Å². The van der Waals surface area contributed by atoms with E-state index in [1.165, 1.54) is 0 Å². The highest BCUT2D eigenvalue weighted by Crippen LogP contribution is 2.51. The van der Waals surface area contributed by atoms with Crippen LogP contribution in [-0.2, 0) is 16.1 Å². The van der Waals surface area contributed by atoms with Crippen LogP contribution < -0.4 is 0 Å². The molecule has 1 spiro atoms. The molecule has 2 saturated heterocycles. The largest absolute Gasteiger partial charge is 0.445 e. The van der Waals surface area contributed by atoms with E-state index in [9.17, 15) is 4.79 Å². The number of nitrogens with zero attached hydrogens (tertiary/aromatic N) is 2. The molecule has 0 aromatic heterocycles. The molecule has 5 nitrogen and oxygen atoms in total. The van der Waals surface area contributed by atoms with Crippen molar-refractivity contribution < 1.29 is 14.3 Å². The van der Waals surface area contributed by atoms with Gasteiger partial charge in [0.2, 0.25) is 0 Å². The van der Waals surface area contributed by atoms with Crippen molar-refractivity contribution in [3.8, 4) is 0 Å². The lowest BCUT2D eigenvalue weighted by molar-refractivity contribution is 0.0285. The zero-order valence-electron chi connectivity index (χ0n) is 11.3. The summed E-state index contributed by atoms with van der Waals surface area (Å²) < 4.78 is 11.1. The normalized spacial score (nSPS) is 31.6. The summed E-state index contributed by atoms with van der Waals surface area (Å²) in [4.78, 5) is 16.4. The lowest BCUT2D eigenvalue weighted by Crippen LogP contribution is -2.55. The summed E-state index contributed by atoms with van der Waals surface area (Å²) in [7, 11) is 0. The Morgan fingerprint density at radius 1 is 1.35 bits per heavy atom. The molecule has 2 aliphatic heterocycles. The van der Waals surface area contributed by atoms with Crippen molar-refractivity contribution in [2.45, 2.75) is 24.7 Å². The first-order chi connectivity index (χ1) is 9.78. The highest BCUT2D eigenvalue weighted by Gasteiger charge is 2.65.